The second kappa shape index (κ2) is 9.26. The third kappa shape index (κ3) is 5.74. The van der Waals surface area contributed by atoms with Crippen LogP contribution in [0.4, 0.5) is 5.69 Å². The van der Waals surface area contributed by atoms with Gasteiger partial charge >= 0.3 is 0 Å². The van der Waals surface area contributed by atoms with Crippen molar-refractivity contribution in [3.05, 3.63) is 59.7 Å². The number of rotatable bonds is 9. The van der Waals surface area contributed by atoms with E-state index in [1.165, 1.54) is 18.4 Å². The number of anilines is 1. The van der Waals surface area contributed by atoms with Crippen molar-refractivity contribution < 1.29 is 9.53 Å². The highest BCUT2D eigenvalue weighted by Gasteiger charge is 2.22. The number of hydrogen-bond acceptors (Lipinski definition) is 3. The number of hydrogen-bond donors (Lipinski definition) is 3. The average molecular weight is 380 g/mol. The fraction of sp³-hybridized carbons (Fsp3) is 0.364. The number of carbonyl (C=O) groups excluding carboxylic acids is 1. The number of benzene rings is 2. The van der Waals surface area contributed by atoms with Crippen molar-refractivity contribution in [3.63, 3.8) is 0 Å². The van der Waals surface area contributed by atoms with E-state index in [2.05, 4.69) is 29.4 Å². The molecule has 6 heteroatoms. The van der Waals surface area contributed by atoms with Crippen LogP contribution in [0.1, 0.15) is 48.0 Å². The third-order valence-corrected chi connectivity index (χ3v) is 4.91. The fourth-order valence-corrected chi connectivity index (χ4v) is 2.89. The number of amides is 1. The topological polar surface area (TPSA) is 103 Å². The Hall–Kier alpha value is -3.02. The van der Waals surface area contributed by atoms with Crippen LogP contribution in [0.15, 0.2) is 53.5 Å². The molecule has 0 heterocycles. The maximum absolute atomic E-state index is 11.5. The van der Waals surface area contributed by atoms with Crippen molar-refractivity contribution in [2.45, 2.75) is 32.1 Å². The van der Waals surface area contributed by atoms with Crippen molar-refractivity contribution in [1.82, 2.24) is 0 Å². The Morgan fingerprint density at radius 2 is 1.96 bits per heavy atom. The summed E-state index contributed by atoms with van der Waals surface area (Å²) in [7, 11) is 0. The summed E-state index contributed by atoms with van der Waals surface area (Å²) in [5.74, 6) is 1.40. The summed E-state index contributed by atoms with van der Waals surface area (Å²) < 4.78 is 5.87. The van der Waals surface area contributed by atoms with Gasteiger partial charge in [0.2, 0.25) is 5.91 Å². The smallest absolute Gasteiger partial charge is 0.248 e. The standard InChI is InChI=1S/C22H28N4O2/c1-15(17-5-3-2-4-6-17)11-12-25-22(24)26-19-10-9-18(21(23)27)13-20(19)28-14-16-7-8-16/h2-6,9-10,13,15-16H,7-8,11-12,14H2,1H3,(H2,23,27)(H3,24,25,26). The Labute approximate surface area is 166 Å². The second-order valence-corrected chi connectivity index (χ2v) is 7.32. The monoisotopic (exact) mass is 380 g/mol. The average Bonchev–Trinajstić information content (AvgIpc) is 3.52. The molecule has 0 bridgehead atoms. The van der Waals surface area contributed by atoms with Gasteiger partial charge in [0.1, 0.15) is 5.75 Å². The zero-order valence-electron chi connectivity index (χ0n) is 16.2. The Morgan fingerprint density at radius 1 is 1.21 bits per heavy atom. The summed E-state index contributed by atoms with van der Waals surface area (Å²) in [5, 5.41) is 3.08. The van der Waals surface area contributed by atoms with Crippen LogP contribution in [0.25, 0.3) is 0 Å². The zero-order chi connectivity index (χ0) is 19.9. The lowest BCUT2D eigenvalue weighted by atomic mass is 9.98. The number of nitrogens with two attached hydrogens (primary N) is 2. The maximum Gasteiger partial charge on any atom is 0.248 e. The van der Waals surface area contributed by atoms with Crippen molar-refractivity contribution in [1.29, 1.82) is 0 Å². The highest BCUT2D eigenvalue weighted by atomic mass is 16.5. The first kappa shape index (κ1) is 19.7. The summed E-state index contributed by atoms with van der Waals surface area (Å²) >= 11 is 0. The van der Waals surface area contributed by atoms with Crippen LogP contribution in [0.5, 0.6) is 5.75 Å². The molecule has 3 rings (SSSR count). The summed E-state index contributed by atoms with van der Waals surface area (Å²) in [6.45, 7) is 3.43. The van der Waals surface area contributed by atoms with Crippen molar-refractivity contribution in [2.24, 2.45) is 22.4 Å². The summed E-state index contributed by atoms with van der Waals surface area (Å²) in [4.78, 5) is 15.9. The molecule has 1 unspecified atom stereocenters. The van der Waals surface area contributed by atoms with Gasteiger partial charge in [0, 0.05) is 12.1 Å². The van der Waals surface area contributed by atoms with Gasteiger partial charge in [-0.15, -0.1) is 0 Å². The van der Waals surface area contributed by atoms with Crippen LogP contribution < -0.4 is 21.5 Å². The lowest BCUT2D eigenvalue weighted by molar-refractivity contribution is 0.1000. The molecule has 1 atom stereocenters. The number of carbonyl (C=O) groups is 1. The molecule has 1 aliphatic rings. The van der Waals surface area contributed by atoms with E-state index in [9.17, 15) is 4.79 Å². The molecule has 0 spiro atoms. The minimum atomic E-state index is -0.487. The van der Waals surface area contributed by atoms with Gasteiger partial charge in [-0.3, -0.25) is 9.79 Å². The molecule has 0 aliphatic heterocycles. The van der Waals surface area contributed by atoms with Gasteiger partial charge in [0.25, 0.3) is 0 Å². The van der Waals surface area contributed by atoms with E-state index in [0.717, 1.165) is 6.42 Å². The number of guanidine groups is 1. The molecule has 1 aliphatic carbocycles. The number of nitrogens with one attached hydrogen (secondary N) is 1. The lowest BCUT2D eigenvalue weighted by Gasteiger charge is -2.14. The quantitative estimate of drug-likeness (QED) is 0.458. The molecule has 2 aromatic carbocycles. The van der Waals surface area contributed by atoms with Crippen molar-refractivity contribution in [3.8, 4) is 5.75 Å². The highest BCUT2D eigenvalue weighted by Crippen LogP contribution is 2.32. The van der Waals surface area contributed by atoms with Crippen LogP contribution >= 0.6 is 0 Å². The highest BCUT2D eigenvalue weighted by molar-refractivity contribution is 5.97. The van der Waals surface area contributed by atoms with E-state index in [1.807, 2.05) is 18.2 Å². The van der Waals surface area contributed by atoms with Crippen LogP contribution in [-0.2, 0) is 0 Å². The maximum atomic E-state index is 11.5. The van der Waals surface area contributed by atoms with E-state index < -0.39 is 5.91 Å². The molecule has 1 amide bonds. The fourth-order valence-electron chi connectivity index (χ4n) is 2.89. The number of aliphatic imine (C=N–C) groups is 1. The molecular weight excluding hydrogens is 352 g/mol. The molecule has 28 heavy (non-hydrogen) atoms. The second-order valence-electron chi connectivity index (χ2n) is 7.32. The Balaban J connectivity index is 1.60. The molecule has 0 saturated heterocycles. The third-order valence-electron chi connectivity index (χ3n) is 4.91. The summed E-state index contributed by atoms with van der Waals surface area (Å²) in [6, 6.07) is 15.4. The zero-order valence-corrected chi connectivity index (χ0v) is 16.2. The summed E-state index contributed by atoms with van der Waals surface area (Å²) in [6.07, 6.45) is 3.26. The Morgan fingerprint density at radius 3 is 2.64 bits per heavy atom. The molecule has 5 N–H and O–H groups in total. The molecule has 0 radical (unpaired) electrons. The van der Waals surface area contributed by atoms with E-state index in [-0.39, 0.29) is 0 Å². The van der Waals surface area contributed by atoms with Crippen LogP contribution in [0.2, 0.25) is 0 Å². The van der Waals surface area contributed by atoms with Crippen LogP contribution in [0.3, 0.4) is 0 Å². The summed E-state index contributed by atoms with van der Waals surface area (Å²) in [5.41, 5.74) is 13.8. The predicted molar refractivity (Wildman–Crippen MR) is 113 cm³/mol. The molecule has 148 valence electrons. The minimum Gasteiger partial charge on any atom is -0.491 e. The van der Waals surface area contributed by atoms with Crippen molar-refractivity contribution in [2.75, 3.05) is 18.5 Å². The lowest BCUT2D eigenvalue weighted by Crippen LogP contribution is -2.24. The van der Waals surface area contributed by atoms with Crippen molar-refractivity contribution >= 4 is 17.6 Å². The minimum absolute atomic E-state index is 0.323. The molecule has 0 aromatic heterocycles. The van der Waals surface area contributed by atoms with Gasteiger partial charge in [-0.05, 0) is 54.9 Å². The number of primary amides is 1. The van der Waals surface area contributed by atoms with Gasteiger partial charge in [0.15, 0.2) is 5.96 Å². The van der Waals surface area contributed by atoms with Crippen LogP contribution in [-0.4, -0.2) is 25.0 Å². The van der Waals surface area contributed by atoms with E-state index in [4.69, 9.17) is 16.2 Å². The Kier molecular flexibility index (Phi) is 6.53. The number of ether oxygens (including phenoxy) is 1. The van der Waals surface area contributed by atoms with E-state index in [0.29, 0.717) is 47.9 Å². The molecule has 6 nitrogen and oxygen atoms in total. The molecule has 1 saturated carbocycles. The predicted octanol–water partition coefficient (Wildman–Crippen LogP) is 3.49. The first-order valence-electron chi connectivity index (χ1n) is 9.71. The largest absolute Gasteiger partial charge is 0.491 e. The molecular formula is C22H28N4O2. The molecule has 1 fully saturated rings. The first-order chi connectivity index (χ1) is 13.5. The van der Waals surface area contributed by atoms with E-state index >= 15 is 0 Å². The number of nitrogens with zero attached hydrogens (tertiary/aromatic N) is 1. The normalized spacial score (nSPS) is 15.1. The first-order valence-corrected chi connectivity index (χ1v) is 9.71. The van der Waals surface area contributed by atoms with E-state index in [1.54, 1.807) is 18.2 Å². The van der Waals surface area contributed by atoms with Crippen LogP contribution in [0, 0.1) is 5.92 Å². The van der Waals surface area contributed by atoms with Gasteiger partial charge in [-0.2, -0.15) is 0 Å². The Bertz CT molecular complexity index is 832. The SMILES string of the molecule is CC(CCN=C(N)Nc1ccc(C(N)=O)cc1OCC1CC1)c1ccccc1. The molecule has 2 aromatic rings. The van der Waals surface area contributed by atoms with Gasteiger partial charge < -0.3 is 21.5 Å². The van der Waals surface area contributed by atoms with Gasteiger partial charge in [-0.1, -0.05) is 37.3 Å². The van der Waals surface area contributed by atoms with Gasteiger partial charge in [-0.25, -0.2) is 0 Å². The van der Waals surface area contributed by atoms with Gasteiger partial charge in [0.05, 0.1) is 12.3 Å².